The molecule has 1 aromatic rings. The maximum absolute atomic E-state index is 4.25. The SMILES string of the molecule is CCc1[c]ncc(N2CCNCC2)c1CC. The van der Waals surface area contributed by atoms with Crippen LogP contribution >= 0.6 is 0 Å². The zero-order chi connectivity index (χ0) is 11.4. The molecule has 1 aliphatic rings. The fourth-order valence-electron chi connectivity index (χ4n) is 2.34. The van der Waals surface area contributed by atoms with E-state index in [0.717, 1.165) is 39.0 Å². The molecule has 0 aromatic carbocycles. The number of hydrogen-bond acceptors (Lipinski definition) is 3. The molecular formula is C13H20N3. The first kappa shape index (κ1) is 11.4. The predicted molar refractivity (Wildman–Crippen MR) is 66.9 cm³/mol. The Morgan fingerprint density at radius 2 is 2.06 bits per heavy atom. The van der Waals surface area contributed by atoms with Crippen molar-refractivity contribution in [3.8, 4) is 0 Å². The summed E-state index contributed by atoms with van der Waals surface area (Å²) in [5.41, 5.74) is 4.03. The molecule has 3 heteroatoms. The Morgan fingerprint density at radius 1 is 1.31 bits per heavy atom. The highest BCUT2D eigenvalue weighted by Crippen LogP contribution is 2.23. The molecule has 2 heterocycles. The van der Waals surface area contributed by atoms with E-state index in [1.54, 1.807) is 0 Å². The number of anilines is 1. The molecule has 2 rings (SSSR count). The molecule has 0 amide bonds. The highest BCUT2D eigenvalue weighted by atomic mass is 15.2. The Hall–Kier alpha value is -1.09. The Kier molecular flexibility index (Phi) is 3.78. The number of aromatic nitrogens is 1. The van der Waals surface area contributed by atoms with E-state index in [1.165, 1.54) is 16.8 Å². The average molecular weight is 218 g/mol. The van der Waals surface area contributed by atoms with E-state index in [4.69, 9.17) is 0 Å². The Balaban J connectivity index is 2.30. The maximum Gasteiger partial charge on any atom is 0.0925 e. The van der Waals surface area contributed by atoms with Crippen LogP contribution in [0.5, 0.6) is 0 Å². The molecule has 3 nitrogen and oxygen atoms in total. The van der Waals surface area contributed by atoms with Crippen LogP contribution in [0.25, 0.3) is 0 Å². The van der Waals surface area contributed by atoms with Crippen molar-refractivity contribution in [2.45, 2.75) is 26.7 Å². The van der Waals surface area contributed by atoms with Crippen molar-refractivity contribution in [3.05, 3.63) is 23.5 Å². The van der Waals surface area contributed by atoms with Crippen molar-refractivity contribution in [1.82, 2.24) is 10.3 Å². The molecule has 87 valence electrons. The van der Waals surface area contributed by atoms with Gasteiger partial charge in [0.25, 0.3) is 0 Å². The molecule has 0 aliphatic carbocycles. The standard InChI is InChI=1S/C13H20N3/c1-3-11-9-15-10-13(12(11)4-2)16-7-5-14-6-8-16/h10,14H,3-8H2,1-2H3. The van der Waals surface area contributed by atoms with Crippen molar-refractivity contribution in [1.29, 1.82) is 0 Å². The third kappa shape index (κ3) is 2.19. The third-order valence-electron chi connectivity index (χ3n) is 3.22. The first-order valence-electron chi connectivity index (χ1n) is 6.20. The molecule has 0 unspecified atom stereocenters. The smallest absolute Gasteiger partial charge is 0.0925 e. The first-order valence-corrected chi connectivity index (χ1v) is 6.20. The van der Waals surface area contributed by atoms with Gasteiger partial charge in [-0.2, -0.15) is 0 Å². The van der Waals surface area contributed by atoms with Crippen LogP contribution in [-0.2, 0) is 12.8 Å². The minimum atomic E-state index is 1.02. The van der Waals surface area contributed by atoms with E-state index < -0.39 is 0 Å². The molecule has 16 heavy (non-hydrogen) atoms. The molecule has 1 fully saturated rings. The fraction of sp³-hybridized carbons (Fsp3) is 0.615. The van der Waals surface area contributed by atoms with Gasteiger partial charge in [0.05, 0.1) is 18.1 Å². The third-order valence-corrected chi connectivity index (χ3v) is 3.22. The van der Waals surface area contributed by atoms with E-state index in [0.29, 0.717) is 0 Å². The van der Waals surface area contributed by atoms with Crippen molar-refractivity contribution < 1.29 is 0 Å². The number of nitrogens with zero attached hydrogens (tertiary/aromatic N) is 2. The summed E-state index contributed by atoms with van der Waals surface area (Å²) in [6.07, 6.45) is 7.20. The second-order valence-electron chi connectivity index (χ2n) is 4.16. The van der Waals surface area contributed by atoms with Crippen LogP contribution in [0, 0.1) is 6.20 Å². The summed E-state index contributed by atoms with van der Waals surface area (Å²) in [5, 5.41) is 3.38. The van der Waals surface area contributed by atoms with E-state index in [2.05, 4.69) is 35.2 Å². The number of nitrogens with one attached hydrogen (secondary N) is 1. The monoisotopic (exact) mass is 218 g/mol. The summed E-state index contributed by atoms with van der Waals surface area (Å²) in [4.78, 5) is 6.69. The van der Waals surface area contributed by atoms with Gasteiger partial charge in [0.1, 0.15) is 0 Å². The van der Waals surface area contributed by atoms with Gasteiger partial charge < -0.3 is 10.2 Å². The number of aryl methyl sites for hydroxylation is 1. The van der Waals surface area contributed by atoms with E-state index in [1.807, 2.05) is 6.20 Å². The first-order chi connectivity index (χ1) is 7.86. The summed E-state index contributed by atoms with van der Waals surface area (Å²) in [5.74, 6) is 0. The van der Waals surface area contributed by atoms with Crippen molar-refractivity contribution in [2.75, 3.05) is 31.1 Å². The number of hydrogen-bond donors (Lipinski definition) is 1. The van der Waals surface area contributed by atoms with E-state index >= 15 is 0 Å². The minimum Gasteiger partial charge on any atom is -0.368 e. The second-order valence-corrected chi connectivity index (χ2v) is 4.16. The van der Waals surface area contributed by atoms with Gasteiger partial charge in [0.2, 0.25) is 0 Å². The number of piperazine rings is 1. The lowest BCUT2D eigenvalue weighted by atomic mass is 10.0. The zero-order valence-electron chi connectivity index (χ0n) is 10.2. The van der Waals surface area contributed by atoms with Crippen molar-refractivity contribution in [3.63, 3.8) is 0 Å². The van der Waals surface area contributed by atoms with Crippen LogP contribution in [0.1, 0.15) is 25.0 Å². The summed E-state index contributed by atoms with van der Waals surface area (Å²) < 4.78 is 0. The quantitative estimate of drug-likeness (QED) is 0.831. The van der Waals surface area contributed by atoms with Gasteiger partial charge >= 0.3 is 0 Å². The molecule has 1 aromatic heterocycles. The fourth-order valence-corrected chi connectivity index (χ4v) is 2.34. The summed E-state index contributed by atoms with van der Waals surface area (Å²) >= 11 is 0. The molecular weight excluding hydrogens is 198 g/mol. The summed E-state index contributed by atoms with van der Waals surface area (Å²) in [6, 6.07) is 0. The molecule has 1 saturated heterocycles. The Labute approximate surface area is 97.9 Å². The van der Waals surface area contributed by atoms with Crippen LogP contribution in [0.3, 0.4) is 0 Å². The summed E-state index contributed by atoms with van der Waals surface area (Å²) in [6.45, 7) is 8.71. The number of pyridine rings is 1. The van der Waals surface area contributed by atoms with Gasteiger partial charge in [-0.25, -0.2) is 0 Å². The van der Waals surface area contributed by atoms with Gasteiger partial charge in [0, 0.05) is 26.2 Å². The molecule has 1 N–H and O–H groups in total. The lowest BCUT2D eigenvalue weighted by molar-refractivity contribution is 0.587. The highest BCUT2D eigenvalue weighted by molar-refractivity contribution is 5.55. The second kappa shape index (κ2) is 5.30. The van der Waals surface area contributed by atoms with Gasteiger partial charge in [0.15, 0.2) is 0 Å². The van der Waals surface area contributed by atoms with Crippen LogP contribution in [0.15, 0.2) is 6.20 Å². The van der Waals surface area contributed by atoms with Gasteiger partial charge in [-0.3, -0.25) is 4.98 Å². The van der Waals surface area contributed by atoms with E-state index in [-0.39, 0.29) is 0 Å². The molecule has 0 atom stereocenters. The lowest BCUT2D eigenvalue weighted by Crippen LogP contribution is -2.44. The molecule has 1 radical (unpaired) electrons. The Bertz CT molecular complexity index is 343. The molecule has 0 spiro atoms. The topological polar surface area (TPSA) is 28.2 Å². The van der Waals surface area contributed by atoms with Gasteiger partial charge in [-0.05, 0) is 24.0 Å². The average Bonchev–Trinajstić information content (AvgIpc) is 2.38. The largest absolute Gasteiger partial charge is 0.368 e. The van der Waals surface area contributed by atoms with Crippen molar-refractivity contribution >= 4 is 5.69 Å². The Morgan fingerprint density at radius 3 is 2.69 bits per heavy atom. The highest BCUT2D eigenvalue weighted by Gasteiger charge is 2.15. The molecule has 0 bridgehead atoms. The lowest BCUT2D eigenvalue weighted by Gasteiger charge is -2.31. The minimum absolute atomic E-state index is 1.02. The molecule has 1 aliphatic heterocycles. The van der Waals surface area contributed by atoms with E-state index in [9.17, 15) is 0 Å². The van der Waals surface area contributed by atoms with Gasteiger partial charge in [-0.15, -0.1) is 0 Å². The maximum atomic E-state index is 4.25. The van der Waals surface area contributed by atoms with Crippen LogP contribution in [0.4, 0.5) is 5.69 Å². The predicted octanol–water partition coefficient (Wildman–Crippen LogP) is 1.42. The normalized spacial score (nSPS) is 16.5. The van der Waals surface area contributed by atoms with Crippen LogP contribution < -0.4 is 10.2 Å². The summed E-state index contributed by atoms with van der Waals surface area (Å²) in [7, 11) is 0. The number of rotatable bonds is 3. The van der Waals surface area contributed by atoms with Crippen LogP contribution in [0.2, 0.25) is 0 Å². The van der Waals surface area contributed by atoms with Crippen molar-refractivity contribution in [2.24, 2.45) is 0 Å². The molecule has 0 saturated carbocycles. The van der Waals surface area contributed by atoms with Gasteiger partial charge in [-0.1, -0.05) is 13.8 Å². The van der Waals surface area contributed by atoms with Crippen LogP contribution in [-0.4, -0.2) is 31.2 Å². The zero-order valence-corrected chi connectivity index (χ0v) is 10.2.